The van der Waals surface area contributed by atoms with E-state index in [4.69, 9.17) is 4.74 Å². The van der Waals surface area contributed by atoms with Gasteiger partial charge in [0.05, 0.1) is 18.8 Å². The van der Waals surface area contributed by atoms with E-state index in [9.17, 15) is 0 Å². The van der Waals surface area contributed by atoms with Gasteiger partial charge in [0.15, 0.2) is 0 Å². The summed E-state index contributed by atoms with van der Waals surface area (Å²) >= 11 is 0. The number of hydrogen-bond acceptors (Lipinski definition) is 4. The standard InChI is InChI=1S/C11H19N3O/c1-4-5-6-9(12-2)10-7-8-11(15-3)14-13-10/h7-9,12H,4-6H2,1-3H3. The molecule has 0 radical (unpaired) electrons. The minimum Gasteiger partial charge on any atom is -0.480 e. The zero-order chi connectivity index (χ0) is 11.1. The third-order valence-electron chi connectivity index (χ3n) is 2.42. The Kier molecular flexibility index (Phi) is 5.04. The lowest BCUT2D eigenvalue weighted by atomic mass is 10.1. The summed E-state index contributed by atoms with van der Waals surface area (Å²) in [6, 6.07) is 4.10. The molecule has 1 atom stereocenters. The van der Waals surface area contributed by atoms with E-state index in [2.05, 4.69) is 22.4 Å². The molecule has 0 bridgehead atoms. The molecule has 1 N–H and O–H groups in total. The third kappa shape index (κ3) is 3.47. The summed E-state index contributed by atoms with van der Waals surface area (Å²) in [4.78, 5) is 0. The average Bonchev–Trinajstić information content (AvgIpc) is 2.31. The first kappa shape index (κ1) is 11.9. The molecule has 0 saturated carbocycles. The summed E-state index contributed by atoms with van der Waals surface area (Å²) < 4.78 is 4.97. The Hall–Kier alpha value is -1.16. The van der Waals surface area contributed by atoms with Crippen molar-refractivity contribution in [3.63, 3.8) is 0 Å². The highest BCUT2D eigenvalue weighted by atomic mass is 16.5. The fourth-order valence-electron chi connectivity index (χ4n) is 1.47. The van der Waals surface area contributed by atoms with Crippen LogP contribution in [-0.4, -0.2) is 24.4 Å². The SMILES string of the molecule is CCCCC(NC)c1ccc(OC)nn1. The van der Waals surface area contributed by atoms with Gasteiger partial charge in [0.2, 0.25) is 5.88 Å². The second-order valence-electron chi connectivity index (χ2n) is 3.48. The lowest BCUT2D eigenvalue weighted by Crippen LogP contribution is -2.18. The summed E-state index contributed by atoms with van der Waals surface area (Å²) in [7, 11) is 3.54. The van der Waals surface area contributed by atoms with Crippen LogP contribution >= 0.6 is 0 Å². The summed E-state index contributed by atoms with van der Waals surface area (Å²) in [5, 5.41) is 11.3. The van der Waals surface area contributed by atoms with Crippen molar-refractivity contribution in [1.82, 2.24) is 15.5 Å². The van der Waals surface area contributed by atoms with Crippen LogP contribution in [0.2, 0.25) is 0 Å². The van der Waals surface area contributed by atoms with Crippen molar-refractivity contribution in [2.45, 2.75) is 32.2 Å². The number of nitrogens with zero attached hydrogens (tertiary/aromatic N) is 2. The first-order valence-corrected chi connectivity index (χ1v) is 5.36. The van der Waals surface area contributed by atoms with E-state index in [-0.39, 0.29) is 0 Å². The van der Waals surface area contributed by atoms with Crippen molar-refractivity contribution in [3.8, 4) is 5.88 Å². The molecule has 0 aliphatic carbocycles. The van der Waals surface area contributed by atoms with Crippen molar-refractivity contribution in [2.24, 2.45) is 0 Å². The highest BCUT2D eigenvalue weighted by molar-refractivity contribution is 5.13. The van der Waals surface area contributed by atoms with Gasteiger partial charge < -0.3 is 10.1 Å². The molecular formula is C11H19N3O. The molecule has 1 aromatic rings. The van der Waals surface area contributed by atoms with Crippen LogP contribution in [0.3, 0.4) is 0 Å². The Morgan fingerprint density at radius 1 is 1.40 bits per heavy atom. The van der Waals surface area contributed by atoms with Gasteiger partial charge in [-0.25, -0.2) is 0 Å². The lowest BCUT2D eigenvalue weighted by Gasteiger charge is -2.14. The summed E-state index contributed by atoms with van der Waals surface area (Å²) in [6.45, 7) is 2.19. The molecule has 1 unspecified atom stereocenters. The smallest absolute Gasteiger partial charge is 0.233 e. The van der Waals surface area contributed by atoms with Gasteiger partial charge in [-0.1, -0.05) is 19.8 Å². The number of methoxy groups -OCH3 is 1. The molecular weight excluding hydrogens is 190 g/mol. The minimum atomic E-state index is 0.295. The molecule has 0 saturated heterocycles. The Balaban J connectivity index is 2.65. The van der Waals surface area contributed by atoms with Crippen LogP contribution in [0.25, 0.3) is 0 Å². The highest BCUT2D eigenvalue weighted by Crippen LogP contribution is 2.17. The van der Waals surface area contributed by atoms with E-state index < -0.39 is 0 Å². The minimum absolute atomic E-state index is 0.295. The van der Waals surface area contributed by atoms with Crippen molar-refractivity contribution in [3.05, 3.63) is 17.8 Å². The number of nitrogens with one attached hydrogen (secondary N) is 1. The molecule has 0 fully saturated rings. The molecule has 1 rings (SSSR count). The fraction of sp³-hybridized carbons (Fsp3) is 0.636. The summed E-state index contributed by atoms with van der Waals surface area (Å²) in [5.74, 6) is 0.559. The first-order valence-electron chi connectivity index (χ1n) is 5.36. The zero-order valence-corrected chi connectivity index (χ0v) is 9.66. The molecule has 4 heteroatoms. The van der Waals surface area contributed by atoms with Crippen molar-refractivity contribution >= 4 is 0 Å². The molecule has 0 amide bonds. The Morgan fingerprint density at radius 2 is 2.20 bits per heavy atom. The van der Waals surface area contributed by atoms with Gasteiger partial charge in [-0.3, -0.25) is 0 Å². The van der Waals surface area contributed by atoms with Crippen LogP contribution in [0, 0.1) is 0 Å². The summed E-state index contributed by atoms with van der Waals surface area (Å²) in [6.07, 6.45) is 3.48. The second kappa shape index (κ2) is 6.35. The van der Waals surface area contributed by atoms with Gasteiger partial charge in [0.1, 0.15) is 0 Å². The predicted molar refractivity (Wildman–Crippen MR) is 59.9 cm³/mol. The van der Waals surface area contributed by atoms with Crippen LogP contribution in [0.1, 0.15) is 37.9 Å². The quantitative estimate of drug-likeness (QED) is 0.777. The van der Waals surface area contributed by atoms with Crippen LogP contribution in [0.15, 0.2) is 12.1 Å². The molecule has 0 aliphatic rings. The molecule has 1 heterocycles. The van der Waals surface area contributed by atoms with Crippen molar-refractivity contribution < 1.29 is 4.74 Å². The van der Waals surface area contributed by atoms with Gasteiger partial charge in [-0.2, -0.15) is 5.10 Å². The fourth-order valence-corrected chi connectivity index (χ4v) is 1.47. The topological polar surface area (TPSA) is 47.0 Å². The maximum Gasteiger partial charge on any atom is 0.233 e. The number of aromatic nitrogens is 2. The third-order valence-corrected chi connectivity index (χ3v) is 2.42. The van der Waals surface area contributed by atoms with Crippen molar-refractivity contribution in [2.75, 3.05) is 14.2 Å². The average molecular weight is 209 g/mol. The molecule has 0 aromatic carbocycles. The van der Waals surface area contributed by atoms with Crippen LogP contribution in [-0.2, 0) is 0 Å². The number of rotatable bonds is 6. The Bertz CT molecular complexity index is 274. The first-order chi connectivity index (χ1) is 7.31. The molecule has 84 valence electrons. The maximum atomic E-state index is 4.97. The molecule has 15 heavy (non-hydrogen) atoms. The van der Waals surface area contributed by atoms with E-state index in [1.165, 1.54) is 12.8 Å². The molecule has 1 aromatic heterocycles. The monoisotopic (exact) mass is 209 g/mol. The molecule has 4 nitrogen and oxygen atoms in total. The predicted octanol–water partition coefficient (Wildman–Crippen LogP) is 1.94. The van der Waals surface area contributed by atoms with E-state index in [0.717, 1.165) is 12.1 Å². The number of unbranched alkanes of at least 4 members (excludes halogenated alkanes) is 1. The highest BCUT2D eigenvalue weighted by Gasteiger charge is 2.10. The van der Waals surface area contributed by atoms with Gasteiger partial charge in [0.25, 0.3) is 0 Å². The van der Waals surface area contributed by atoms with Crippen LogP contribution in [0.5, 0.6) is 5.88 Å². The Labute approximate surface area is 91.1 Å². The van der Waals surface area contributed by atoms with Crippen LogP contribution < -0.4 is 10.1 Å². The molecule has 0 spiro atoms. The van der Waals surface area contributed by atoms with E-state index >= 15 is 0 Å². The molecule has 0 aliphatic heterocycles. The summed E-state index contributed by atoms with van der Waals surface area (Å²) in [5.41, 5.74) is 0.978. The Morgan fingerprint density at radius 3 is 2.67 bits per heavy atom. The van der Waals surface area contributed by atoms with Crippen LogP contribution in [0.4, 0.5) is 0 Å². The number of hydrogen-bond donors (Lipinski definition) is 1. The number of ether oxygens (including phenoxy) is 1. The maximum absolute atomic E-state index is 4.97. The second-order valence-corrected chi connectivity index (χ2v) is 3.48. The van der Waals surface area contributed by atoms with Gasteiger partial charge in [-0.15, -0.1) is 5.10 Å². The lowest BCUT2D eigenvalue weighted by molar-refractivity contribution is 0.388. The van der Waals surface area contributed by atoms with E-state index in [1.54, 1.807) is 7.11 Å². The zero-order valence-electron chi connectivity index (χ0n) is 9.66. The van der Waals surface area contributed by atoms with Gasteiger partial charge >= 0.3 is 0 Å². The van der Waals surface area contributed by atoms with Gasteiger partial charge in [-0.05, 0) is 19.5 Å². The largest absolute Gasteiger partial charge is 0.480 e. The van der Waals surface area contributed by atoms with Crippen molar-refractivity contribution in [1.29, 1.82) is 0 Å². The van der Waals surface area contributed by atoms with E-state index in [0.29, 0.717) is 11.9 Å². The van der Waals surface area contributed by atoms with E-state index in [1.807, 2.05) is 19.2 Å². The van der Waals surface area contributed by atoms with Gasteiger partial charge in [0, 0.05) is 6.07 Å². The normalized spacial score (nSPS) is 12.5.